The van der Waals surface area contributed by atoms with Crippen LogP contribution in [-0.2, 0) is 19.1 Å². The molecule has 26 heavy (non-hydrogen) atoms. The number of amides is 2. The van der Waals surface area contributed by atoms with Crippen LogP contribution in [0.25, 0.3) is 0 Å². The van der Waals surface area contributed by atoms with Crippen molar-refractivity contribution in [1.82, 2.24) is 15.5 Å². The lowest BCUT2D eigenvalue weighted by atomic mass is 9.94. The van der Waals surface area contributed by atoms with Crippen LogP contribution in [0.3, 0.4) is 0 Å². The Hall–Kier alpha value is -1.18. The van der Waals surface area contributed by atoms with Gasteiger partial charge in [0.2, 0.25) is 11.8 Å². The van der Waals surface area contributed by atoms with E-state index >= 15 is 0 Å². The number of carbonyl (C=O) groups excluding carboxylic acids is 2. The van der Waals surface area contributed by atoms with E-state index in [1.165, 1.54) is 6.42 Å². The summed E-state index contributed by atoms with van der Waals surface area (Å²) in [6, 6.07) is 0. The Bertz CT molecular complexity index is 419. The summed E-state index contributed by atoms with van der Waals surface area (Å²) in [6.07, 6.45) is 5.23. The molecule has 2 amide bonds. The number of piperidine rings is 2. The molecule has 7 heteroatoms. The fraction of sp³-hybridized carbons (Fsp3) is 0.895. The number of nitrogens with one attached hydrogen (secondary N) is 2. The zero-order valence-electron chi connectivity index (χ0n) is 16.1. The van der Waals surface area contributed by atoms with Gasteiger partial charge in [-0.3, -0.25) is 9.59 Å². The lowest BCUT2D eigenvalue weighted by molar-refractivity contribution is -0.138. The Morgan fingerprint density at radius 2 is 1.73 bits per heavy atom. The number of ether oxygens (including phenoxy) is 2. The fourth-order valence-electron chi connectivity index (χ4n) is 3.54. The van der Waals surface area contributed by atoms with Crippen LogP contribution in [0.4, 0.5) is 0 Å². The van der Waals surface area contributed by atoms with Crippen LogP contribution in [-0.4, -0.2) is 75.9 Å². The average molecular weight is 370 g/mol. The number of likely N-dealkylation sites (tertiary alicyclic amines) is 1. The van der Waals surface area contributed by atoms with Crippen LogP contribution >= 0.6 is 0 Å². The summed E-state index contributed by atoms with van der Waals surface area (Å²) in [5.41, 5.74) is 0. The molecule has 0 saturated carbocycles. The maximum absolute atomic E-state index is 12.1. The molecule has 0 spiro atoms. The van der Waals surface area contributed by atoms with Crippen LogP contribution in [0.15, 0.2) is 0 Å². The van der Waals surface area contributed by atoms with E-state index < -0.39 is 0 Å². The molecule has 150 valence electrons. The lowest BCUT2D eigenvalue weighted by Crippen LogP contribution is -2.40. The quantitative estimate of drug-likeness (QED) is 0.557. The van der Waals surface area contributed by atoms with Gasteiger partial charge in [0, 0.05) is 25.6 Å². The highest BCUT2D eigenvalue weighted by atomic mass is 16.5. The second kappa shape index (κ2) is 12.3. The highest BCUT2D eigenvalue weighted by Crippen LogP contribution is 2.19. The highest BCUT2D eigenvalue weighted by molar-refractivity contribution is 5.78. The third kappa shape index (κ3) is 7.60. The van der Waals surface area contributed by atoms with Gasteiger partial charge in [-0.15, -0.1) is 0 Å². The minimum atomic E-state index is 0.0776. The summed E-state index contributed by atoms with van der Waals surface area (Å²) >= 11 is 0. The van der Waals surface area contributed by atoms with Crippen molar-refractivity contribution >= 4 is 11.8 Å². The summed E-state index contributed by atoms with van der Waals surface area (Å²) in [5.74, 6) is 1.11. The molecule has 0 atom stereocenters. The lowest BCUT2D eigenvalue weighted by Gasteiger charge is -2.31. The van der Waals surface area contributed by atoms with Gasteiger partial charge in [0.05, 0.1) is 19.8 Å². The van der Waals surface area contributed by atoms with Gasteiger partial charge in [0.25, 0.3) is 0 Å². The van der Waals surface area contributed by atoms with E-state index in [0.717, 1.165) is 57.8 Å². The van der Waals surface area contributed by atoms with Crippen molar-refractivity contribution in [3.63, 3.8) is 0 Å². The van der Waals surface area contributed by atoms with E-state index in [1.54, 1.807) is 0 Å². The van der Waals surface area contributed by atoms with E-state index in [4.69, 9.17) is 9.47 Å². The predicted octanol–water partition coefficient (Wildman–Crippen LogP) is 0.784. The molecular weight excluding hydrogens is 334 g/mol. The monoisotopic (exact) mass is 369 g/mol. The van der Waals surface area contributed by atoms with E-state index in [0.29, 0.717) is 26.4 Å². The van der Waals surface area contributed by atoms with Gasteiger partial charge in [0.15, 0.2) is 0 Å². The Labute approximate surface area is 157 Å². The molecule has 0 aromatic heterocycles. The first-order valence-corrected chi connectivity index (χ1v) is 10.1. The van der Waals surface area contributed by atoms with E-state index in [-0.39, 0.29) is 24.3 Å². The van der Waals surface area contributed by atoms with E-state index in [9.17, 15) is 9.59 Å². The van der Waals surface area contributed by atoms with Crippen molar-refractivity contribution < 1.29 is 19.1 Å². The van der Waals surface area contributed by atoms with Crippen molar-refractivity contribution in [2.45, 2.75) is 39.0 Å². The molecule has 2 fully saturated rings. The number of carbonyl (C=O) groups is 2. The zero-order valence-corrected chi connectivity index (χ0v) is 16.1. The van der Waals surface area contributed by atoms with Crippen LogP contribution in [0, 0.1) is 11.8 Å². The standard InChI is InChI=1S/C19H35N3O4/c1-2-16-5-10-22(11-6-16)18(23)15-26-14-13-25-12-9-21-19(24)17-3-7-20-8-4-17/h16-17,20H,2-15H2,1H3,(H,21,24). The third-order valence-electron chi connectivity index (χ3n) is 5.40. The SMILES string of the molecule is CCC1CCN(C(=O)COCCOCCNC(=O)C2CCNCC2)CC1. The van der Waals surface area contributed by atoms with Gasteiger partial charge in [0.1, 0.15) is 6.61 Å². The van der Waals surface area contributed by atoms with E-state index in [2.05, 4.69) is 17.6 Å². The van der Waals surface area contributed by atoms with E-state index in [1.807, 2.05) is 4.90 Å². The number of nitrogens with zero attached hydrogens (tertiary/aromatic N) is 1. The molecular formula is C19H35N3O4. The van der Waals surface area contributed by atoms with Crippen LogP contribution in [0.2, 0.25) is 0 Å². The Kier molecular flexibility index (Phi) is 9.95. The van der Waals surface area contributed by atoms with Gasteiger partial charge in [-0.05, 0) is 44.7 Å². The number of hydrogen-bond acceptors (Lipinski definition) is 5. The Balaban J connectivity index is 1.41. The van der Waals surface area contributed by atoms with Gasteiger partial charge in [-0.1, -0.05) is 13.3 Å². The largest absolute Gasteiger partial charge is 0.377 e. The minimum absolute atomic E-state index is 0.0776. The van der Waals surface area contributed by atoms with Crippen molar-refractivity contribution in [2.24, 2.45) is 11.8 Å². The highest BCUT2D eigenvalue weighted by Gasteiger charge is 2.22. The normalized spacial score (nSPS) is 19.5. The average Bonchev–Trinajstić information content (AvgIpc) is 2.70. The molecule has 7 nitrogen and oxygen atoms in total. The predicted molar refractivity (Wildman–Crippen MR) is 99.8 cm³/mol. The summed E-state index contributed by atoms with van der Waals surface area (Å²) in [7, 11) is 0. The molecule has 0 radical (unpaired) electrons. The molecule has 2 rings (SSSR count). The van der Waals surface area contributed by atoms with Crippen molar-refractivity contribution in [1.29, 1.82) is 0 Å². The van der Waals surface area contributed by atoms with Gasteiger partial charge >= 0.3 is 0 Å². The first-order chi connectivity index (χ1) is 12.7. The molecule has 2 N–H and O–H groups in total. The zero-order chi connectivity index (χ0) is 18.6. The number of rotatable bonds is 10. The van der Waals surface area contributed by atoms with Gasteiger partial charge < -0.3 is 25.0 Å². The second-order valence-corrected chi connectivity index (χ2v) is 7.21. The topological polar surface area (TPSA) is 79.9 Å². The fourth-order valence-corrected chi connectivity index (χ4v) is 3.54. The Morgan fingerprint density at radius 3 is 2.42 bits per heavy atom. The molecule has 0 aliphatic carbocycles. The molecule has 2 heterocycles. The van der Waals surface area contributed by atoms with Gasteiger partial charge in [-0.25, -0.2) is 0 Å². The molecule has 0 aromatic rings. The summed E-state index contributed by atoms with van der Waals surface area (Å²) < 4.78 is 10.9. The maximum Gasteiger partial charge on any atom is 0.248 e. The van der Waals surface area contributed by atoms with Crippen LogP contribution < -0.4 is 10.6 Å². The molecule has 0 unspecified atom stereocenters. The van der Waals surface area contributed by atoms with Crippen molar-refractivity contribution in [3.05, 3.63) is 0 Å². The van der Waals surface area contributed by atoms with Crippen molar-refractivity contribution in [2.75, 3.05) is 59.2 Å². The van der Waals surface area contributed by atoms with Crippen LogP contribution in [0.1, 0.15) is 39.0 Å². The molecule has 2 saturated heterocycles. The van der Waals surface area contributed by atoms with Crippen molar-refractivity contribution in [3.8, 4) is 0 Å². The first-order valence-electron chi connectivity index (χ1n) is 10.1. The minimum Gasteiger partial charge on any atom is -0.377 e. The summed E-state index contributed by atoms with van der Waals surface area (Å²) in [5, 5.41) is 6.17. The van der Waals surface area contributed by atoms with Gasteiger partial charge in [-0.2, -0.15) is 0 Å². The molecule has 2 aliphatic heterocycles. The Morgan fingerprint density at radius 1 is 1.04 bits per heavy atom. The number of hydrogen-bond donors (Lipinski definition) is 2. The molecule has 0 bridgehead atoms. The third-order valence-corrected chi connectivity index (χ3v) is 5.40. The first kappa shape index (κ1) is 21.1. The molecule has 2 aliphatic rings. The second-order valence-electron chi connectivity index (χ2n) is 7.21. The summed E-state index contributed by atoms with van der Waals surface area (Å²) in [6.45, 7) is 7.72. The molecule has 0 aromatic carbocycles. The maximum atomic E-state index is 12.1. The van der Waals surface area contributed by atoms with Crippen LogP contribution in [0.5, 0.6) is 0 Å². The summed E-state index contributed by atoms with van der Waals surface area (Å²) in [4.78, 5) is 25.9. The smallest absolute Gasteiger partial charge is 0.248 e.